The van der Waals surface area contributed by atoms with Crippen LogP contribution >= 0.6 is 0 Å². The number of pyridine rings is 1. The highest BCUT2D eigenvalue weighted by Crippen LogP contribution is 2.33. The first kappa shape index (κ1) is 23.9. The highest BCUT2D eigenvalue weighted by molar-refractivity contribution is 6.04. The summed E-state index contributed by atoms with van der Waals surface area (Å²) in [6, 6.07) is 16.1. The Morgan fingerprint density at radius 1 is 0.973 bits per heavy atom. The minimum Gasteiger partial charge on any atom is -0.406 e. The third kappa shape index (κ3) is 5.10. The quantitative estimate of drug-likeness (QED) is 0.293. The third-order valence-corrected chi connectivity index (χ3v) is 5.45. The molecule has 0 atom stereocenters. The fraction of sp³-hybridized carbons (Fsp3) is 0.0769. The van der Waals surface area contributed by atoms with Gasteiger partial charge in [0, 0.05) is 29.1 Å². The molecule has 3 heterocycles. The SMILES string of the molecule is Cc1cc(-c2nc3cccnn3c2-c2ccnc(NC(=O)c3ccc(OC(F)(F)F)cc3)c2)ccc1F. The number of amides is 1. The lowest BCUT2D eigenvalue weighted by Gasteiger charge is -2.10. The summed E-state index contributed by atoms with van der Waals surface area (Å²) in [4.78, 5) is 21.6. The second-order valence-corrected chi connectivity index (χ2v) is 8.02. The molecule has 186 valence electrons. The number of carbonyl (C=O) groups is 1. The largest absolute Gasteiger partial charge is 0.573 e. The predicted molar refractivity (Wildman–Crippen MR) is 127 cm³/mol. The summed E-state index contributed by atoms with van der Waals surface area (Å²) in [5.74, 6) is -1.15. The summed E-state index contributed by atoms with van der Waals surface area (Å²) < 4.78 is 56.5. The van der Waals surface area contributed by atoms with Gasteiger partial charge in [-0.15, -0.1) is 13.2 Å². The molecule has 0 bridgehead atoms. The number of imidazole rings is 1. The molecule has 37 heavy (non-hydrogen) atoms. The molecule has 0 spiro atoms. The van der Waals surface area contributed by atoms with Gasteiger partial charge in [0.2, 0.25) is 0 Å². The van der Waals surface area contributed by atoms with E-state index >= 15 is 0 Å². The third-order valence-electron chi connectivity index (χ3n) is 5.45. The molecular formula is C26H17F4N5O2. The van der Waals surface area contributed by atoms with Gasteiger partial charge in [-0.05, 0) is 79.2 Å². The van der Waals surface area contributed by atoms with Crippen molar-refractivity contribution < 1.29 is 27.1 Å². The van der Waals surface area contributed by atoms with E-state index in [1.807, 2.05) is 0 Å². The van der Waals surface area contributed by atoms with Gasteiger partial charge in [-0.1, -0.05) is 0 Å². The number of rotatable bonds is 5. The number of aryl methyl sites for hydroxylation is 1. The zero-order valence-electron chi connectivity index (χ0n) is 19.1. The fourth-order valence-corrected chi connectivity index (χ4v) is 3.78. The van der Waals surface area contributed by atoms with Crippen molar-refractivity contribution in [3.8, 4) is 28.3 Å². The minimum atomic E-state index is -4.83. The van der Waals surface area contributed by atoms with Crippen LogP contribution in [0, 0.1) is 12.7 Å². The smallest absolute Gasteiger partial charge is 0.406 e. The molecule has 1 amide bonds. The van der Waals surface area contributed by atoms with Crippen LogP contribution in [0.2, 0.25) is 0 Å². The zero-order chi connectivity index (χ0) is 26.2. The van der Waals surface area contributed by atoms with Crippen molar-refractivity contribution in [1.29, 1.82) is 0 Å². The van der Waals surface area contributed by atoms with Gasteiger partial charge in [0.1, 0.15) is 23.1 Å². The van der Waals surface area contributed by atoms with E-state index in [0.29, 0.717) is 33.7 Å². The number of ether oxygens (including phenoxy) is 1. The summed E-state index contributed by atoms with van der Waals surface area (Å²) in [6.45, 7) is 1.66. The first-order chi connectivity index (χ1) is 17.7. The van der Waals surface area contributed by atoms with Crippen LogP contribution in [0.1, 0.15) is 15.9 Å². The van der Waals surface area contributed by atoms with Gasteiger partial charge in [-0.2, -0.15) is 5.10 Å². The molecule has 7 nitrogen and oxygen atoms in total. The molecule has 0 unspecified atom stereocenters. The summed E-state index contributed by atoms with van der Waals surface area (Å²) in [7, 11) is 0. The van der Waals surface area contributed by atoms with Crippen molar-refractivity contribution in [2.45, 2.75) is 13.3 Å². The number of aromatic nitrogens is 4. The van der Waals surface area contributed by atoms with E-state index in [1.54, 1.807) is 54.0 Å². The molecular weight excluding hydrogens is 490 g/mol. The van der Waals surface area contributed by atoms with Crippen molar-refractivity contribution in [1.82, 2.24) is 19.6 Å². The molecule has 3 aromatic heterocycles. The van der Waals surface area contributed by atoms with Crippen molar-refractivity contribution in [3.63, 3.8) is 0 Å². The number of benzene rings is 2. The standard InChI is InChI=1S/C26H17F4N5O2/c1-15-13-17(6-9-20(15)27)23-24(35-22(34-23)3-2-11-32-35)18-10-12-31-21(14-18)33-25(36)16-4-7-19(8-5-16)37-26(28,29)30/h2-14H,1H3,(H,31,33,36). The molecule has 0 saturated carbocycles. The van der Waals surface area contributed by atoms with Gasteiger partial charge in [-0.25, -0.2) is 18.9 Å². The molecule has 0 aliphatic heterocycles. The highest BCUT2D eigenvalue weighted by atomic mass is 19.4. The Kier molecular flexibility index (Phi) is 6.04. The Bertz CT molecular complexity index is 1610. The lowest BCUT2D eigenvalue weighted by atomic mass is 10.0. The lowest BCUT2D eigenvalue weighted by Crippen LogP contribution is -2.17. The van der Waals surface area contributed by atoms with E-state index < -0.39 is 18.0 Å². The maximum absolute atomic E-state index is 13.9. The average Bonchev–Trinajstić information content (AvgIpc) is 3.25. The number of nitrogens with zero attached hydrogens (tertiary/aromatic N) is 4. The summed E-state index contributed by atoms with van der Waals surface area (Å²) >= 11 is 0. The van der Waals surface area contributed by atoms with Gasteiger partial charge >= 0.3 is 6.36 Å². The first-order valence-corrected chi connectivity index (χ1v) is 10.9. The van der Waals surface area contributed by atoms with Gasteiger partial charge in [0.15, 0.2) is 5.65 Å². The maximum atomic E-state index is 13.9. The molecule has 0 aliphatic carbocycles. The van der Waals surface area contributed by atoms with Crippen molar-refractivity contribution in [2.24, 2.45) is 0 Å². The van der Waals surface area contributed by atoms with E-state index in [9.17, 15) is 22.4 Å². The van der Waals surface area contributed by atoms with Crippen LogP contribution in [0.15, 0.2) is 79.1 Å². The van der Waals surface area contributed by atoms with E-state index in [-0.39, 0.29) is 17.2 Å². The van der Waals surface area contributed by atoms with Crippen molar-refractivity contribution in [2.75, 3.05) is 5.32 Å². The second-order valence-electron chi connectivity index (χ2n) is 8.02. The number of anilines is 1. The Labute approximate surface area is 207 Å². The van der Waals surface area contributed by atoms with Crippen molar-refractivity contribution in [3.05, 3.63) is 96.1 Å². The lowest BCUT2D eigenvalue weighted by molar-refractivity contribution is -0.274. The molecule has 5 rings (SSSR count). The van der Waals surface area contributed by atoms with Gasteiger partial charge < -0.3 is 10.1 Å². The minimum absolute atomic E-state index is 0.112. The summed E-state index contributed by atoms with van der Waals surface area (Å²) in [5, 5.41) is 7.04. The number of hydrogen-bond acceptors (Lipinski definition) is 5. The molecule has 0 aliphatic rings. The Balaban J connectivity index is 1.48. The summed E-state index contributed by atoms with van der Waals surface area (Å²) in [5.41, 5.74) is 3.62. The van der Waals surface area contributed by atoms with Gasteiger partial charge in [-0.3, -0.25) is 4.79 Å². The van der Waals surface area contributed by atoms with Gasteiger partial charge in [0.05, 0.1) is 5.69 Å². The monoisotopic (exact) mass is 507 g/mol. The second kappa shape index (κ2) is 9.34. The van der Waals surface area contributed by atoms with E-state index in [4.69, 9.17) is 0 Å². The number of alkyl halides is 3. The maximum Gasteiger partial charge on any atom is 0.573 e. The number of nitrogens with one attached hydrogen (secondary N) is 1. The number of fused-ring (bicyclic) bond motifs is 1. The molecule has 0 saturated heterocycles. The normalized spacial score (nSPS) is 11.5. The number of halogens is 4. The Morgan fingerprint density at radius 2 is 1.76 bits per heavy atom. The molecule has 2 aromatic carbocycles. The van der Waals surface area contributed by atoms with Crippen LogP contribution < -0.4 is 10.1 Å². The van der Waals surface area contributed by atoms with Crippen LogP contribution in [-0.2, 0) is 0 Å². The van der Waals surface area contributed by atoms with Crippen LogP contribution in [-0.4, -0.2) is 31.9 Å². The topological polar surface area (TPSA) is 81.4 Å². The molecule has 0 radical (unpaired) electrons. The Morgan fingerprint density at radius 3 is 2.49 bits per heavy atom. The van der Waals surface area contributed by atoms with E-state index in [0.717, 1.165) is 12.1 Å². The van der Waals surface area contributed by atoms with Crippen LogP contribution in [0.3, 0.4) is 0 Å². The molecule has 11 heteroatoms. The Hall–Kier alpha value is -4.80. The zero-order valence-corrected chi connectivity index (χ0v) is 19.1. The first-order valence-electron chi connectivity index (χ1n) is 10.9. The molecule has 5 aromatic rings. The highest BCUT2D eigenvalue weighted by Gasteiger charge is 2.31. The number of carbonyl (C=O) groups excluding carboxylic acids is 1. The van der Waals surface area contributed by atoms with Crippen LogP contribution in [0.4, 0.5) is 23.4 Å². The van der Waals surface area contributed by atoms with E-state index in [2.05, 4.69) is 25.1 Å². The van der Waals surface area contributed by atoms with Gasteiger partial charge in [0.25, 0.3) is 5.91 Å². The number of hydrogen-bond donors (Lipinski definition) is 1. The average molecular weight is 507 g/mol. The predicted octanol–water partition coefficient (Wildman–Crippen LogP) is 6.06. The fourth-order valence-electron chi connectivity index (χ4n) is 3.78. The molecule has 1 N–H and O–H groups in total. The molecule has 0 fully saturated rings. The summed E-state index contributed by atoms with van der Waals surface area (Å²) in [6.07, 6.45) is -1.73. The van der Waals surface area contributed by atoms with Crippen LogP contribution in [0.25, 0.3) is 28.2 Å². The van der Waals surface area contributed by atoms with E-state index in [1.165, 1.54) is 24.4 Å². The van der Waals surface area contributed by atoms with Crippen molar-refractivity contribution >= 4 is 17.4 Å². The van der Waals surface area contributed by atoms with Crippen LogP contribution in [0.5, 0.6) is 5.75 Å².